The molecule has 0 saturated heterocycles. The normalized spacial score (nSPS) is 9.82. The lowest BCUT2D eigenvalue weighted by molar-refractivity contribution is 0.235. The van der Waals surface area contributed by atoms with E-state index in [1.54, 1.807) is 36.6 Å². The monoisotopic (exact) mass is 316 g/mol. The molecule has 1 heterocycles. The first kappa shape index (κ1) is 15.7. The number of benzene rings is 1. The molecule has 0 unspecified atom stereocenters. The van der Waals surface area contributed by atoms with E-state index in [0.717, 1.165) is 9.78 Å². The van der Waals surface area contributed by atoms with E-state index in [4.69, 9.17) is 0 Å². The van der Waals surface area contributed by atoms with Gasteiger partial charge in [0.15, 0.2) is 0 Å². The van der Waals surface area contributed by atoms with Crippen LogP contribution < -0.4 is 15.5 Å². The van der Waals surface area contributed by atoms with Crippen LogP contribution in [-0.4, -0.2) is 24.9 Å². The van der Waals surface area contributed by atoms with E-state index in [0.29, 0.717) is 12.2 Å². The number of amides is 4. The highest BCUT2D eigenvalue weighted by atomic mass is 32.1. The minimum atomic E-state index is -0.682. The predicted octanol–water partition coefficient (Wildman–Crippen LogP) is 2.28. The fourth-order valence-corrected chi connectivity index (χ4v) is 2.39. The fourth-order valence-electron chi connectivity index (χ4n) is 1.75. The van der Waals surface area contributed by atoms with Crippen LogP contribution in [0, 0.1) is 0 Å². The minimum Gasteiger partial charge on any atom is -0.332 e. The van der Waals surface area contributed by atoms with E-state index in [2.05, 4.69) is 10.6 Å². The molecule has 0 bridgehead atoms. The van der Waals surface area contributed by atoms with Crippen LogP contribution in [-0.2, 0) is 11.3 Å². The molecule has 1 radical (unpaired) electrons. The third kappa shape index (κ3) is 4.16. The zero-order valence-corrected chi connectivity index (χ0v) is 12.4. The van der Waals surface area contributed by atoms with Crippen LogP contribution in [0.1, 0.15) is 4.88 Å². The number of imide groups is 1. The van der Waals surface area contributed by atoms with Crippen molar-refractivity contribution in [2.24, 2.45) is 0 Å². The summed E-state index contributed by atoms with van der Waals surface area (Å²) in [5, 5.41) is 6.89. The largest absolute Gasteiger partial charge is 0.332 e. The summed E-state index contributed by atoms with van der Waals surface area (Å²) in [5.41, 5.74) is 0.412. The molecule has 6 nitrogen and oxygen atoms in total. The molecule has 7 heteroatoms. The SMILES string of the molecule is O=[C]CNC(=O)N(C(=O)NCc1cccs1)c1ccccc1. The van der Waals surface area contributed by atoms with Crippen molar-refractivity contribution in [2.45, 2.75) is 6.54 Å². The maximum Gasteiger partial charge on any atom is 0.330 e. The number of nitrogens with zero attached hydrogens (tertiary/aromatic N) is 1. The van der Waals surface area contributed by atoms with Gasteiger partial charge in [0, 0.05) is 4.88 Å². The second-order valence-electron chi connectivity index (χ2n) is 4.21. The summed E-state index contributed by atoms with van der Waals surface area (Å²) in [7, 11) is 0. The molecule has 22 heavy (non-hydrogen) atoms. The second kappa shape index (κ2) is 7.94. The van der Waals surface area contributed by atoms with E-state index in [9.17, 15) is 14.4 Å². The van der Waals surface area contributed by atoms with Crippen molar-refractivity contribution >= 4 is 35.4 Å². The number of hydrogen-bond acceptors (Lipinski definition) is 4. The molecule has 0 fully saturated rings. The summed E-state index contributed by atoms with van der Waals surface area (Å²) in [4.78, 5) is 36.6. The number of para-hydroxylation sites is 1. The maximum atomic E-state index is 12.3. The Hall–Kier alpha value is -2.67. The van der Waals surface area contributed by atoms with Crippen molar-refractivity contribution in [1.29, 1.82) is 0 Å². The molecule has 2 aromatic rings. The number of anilines is 1. The van der Waals surface area contributed by atoms with E-state index >= 15 is 0 Å². The van der Waals surface area contributed by atoms with Crippen LogP contribution in [0.2, 0.25) is 0 Å². The molecule has 4 amide bonds. The molecule has 0 saturated carbocycles. The molecule has 2 rings (SSSR count). The van der Waals surface area contributed by atoms with Gasteiger partial charge in [0.05, 0.1) is 18.8 Å². The zero-order chi connectivity index (χ0) is 15.8. The summed E-state index contributed by atoms with van der Waals surface area (Å²) in [6.07, 6.45) is 1.56. The van der Waals surface area contributed by atoms with Gasteiger partial charge < -0.3 is 10.6 Å². The van der Waals surface area contributed by atoms with Crippen LogP contribution in [0.3, 0.4) is 0 Å². The van der Waals surface area contributed by atoms with E-state index < -0.39 is 12.1 Å². The van der Waals surface area contributed by atoms with Crippen LogP contribution in [0.25, 0.3) is 0 Å². The first-order valence-electron chi connectivity index (χ1n) is 6.50. The molecular formula is C15H14N3O3S. The van der Waals surface area contributed by atoms with Crippen LogP contribution in [0.15, 0.2) is 47.8 Å². The van der Waals surface area contributed by atoms with Gasteiger partial charge in [-0.3, -0.25) is 4.79 Å². The average molecular weight is 316 g/mol. The third-order valence-corrected chi connectivity index (χ3v) is 3.60. The number of nitrogens with one attached hydrogen (secondary N) is 2. The molecule has 2 N–H and O–H groups in total. The Labute approximate surface area is 131 Å². The summed E-state index contributed by atoms with van der Waals surface area (Å²) < 4.78 is 0. The fraction of sp³-hybridized carbons (Fsp3) is 0.133. The van der Waals surface area contributed by atoms with Gasteiger partial charge >= 0.3 is 12.1 Å². The molecule has 0 aliphatic carbocycles. The van der Waals surface area contributed by atoms with Crippen molar-refractivity contribution in [3.63, 3.8) is 0 Å². The smallest absolute Gasteiger partial charge is 0.330 e. The lowest BCUT2D eigenvalue weighted by atomic mass is 10.3. The highest BCUT2D eigenvalue weighted by molar-refractivity contribution is 7.09. The second-order valence-corrected chi connectivity index (χ2v) is 5.24. The quantitative estimate of drug-likeness (QED) is 0.888. The molecule has 1 aromatic carbocycles. The highest BCUT2D eigenvalue weighted by Gasteiger charge is 2.22. The van der Waals surface area contributed by atoms with Crippen LogP contribution >= 0.6 is 11.3 Å². The highest BCUT2D eigenvalue weighted by Crippen LogP contribution is 2.14. The van der Waals surface area contributed by atoms with Crippen molar-refractivity contribution in [2.75, 3.05) is 11.4 Å². The first-order valence-corrected chi connectivity index (χ1v) is 7.38. The standard InChI is InChI=1S/C15H14N3O3S/c19-9-8-16-14(20)18(12-5-2-1-3-6-12)15(21)17-11-13-7-4-10-22-13/h1-7,10H,8,11H2,(H,16,20)(H,17,21). The van der Waals surface area contributed by atoms with Crippen LogP contribution in [0.4, 0.5) is 15.3 Å². The molecule has 1 aromatic heterocycles. The third-order valence-electron chi connectivity index (χ3n) is 2.73. The van der Waals surface area contributed by atoms with Gasteiger partial charge in [0.1, 0.15) is 0 Å². The van der Waals surface area contributed by atoms with Gasteiger partial charge in [-0.1, -0.05) is 24.3 Å². The number of rotatable bonds is 5. The van der Waals surface area contributed by atoms with E-state index in [1.165, 1.54) is 11.3 Å². The number of urea groups is 2. The molecule has 113 valence electrons. The van der Waals surface area contributed by atoms with Gasteiger partial charge in [-0.05, 0) is 23.6 Å². The number of carbonyl (C=O) groups is 2. The summed E-state index contributed by atoms with van der Waals surface area (Å²) in [6.45, 7) is 0.0489. The van der Waals surface area contributed by atoms with Gasteiger partial charge in [-0.15, -0.1) is 11.3 Å². The van der Waals surface area contributed by atoms with Gasteiger partial charge in [-0.25, -0.2) is 14.5 Å². The van der Waals surface area contributed by atoms with Crippen molar-refractivity contribution in [3.8, 4) is 0 Å². The number of thiophene rings is 1. The summed E-state index contributed by atoms with van der Waals surface area (Å²) in [5.74, 6) is 0. The first-order chi connectivity index (χ1) is 10.7. The molecule has 0 atom stereocenters. The minimum absolute atomic E-state index is 0.277. The lowest BCUT2D eigenvalue weighted by Crippen LogP contribution is -2.49. The predicted molar refractivity (Wildman–Crippen MR) is 84.6 cm³/mol. The van der Waals surface area contributed by atoms with E-state index in [1.807, 2.05) is 17.5 Å². The zero-order valence-electron chi connectivity index (χ0n) is 11.6. The Morgan fingerprint density at radius 2 is 1.77 bits per heavy atom. The topological polar surface area (TPSA) is 78.5 Å². The Balaban J connectivity index is 2.10. The Morgan fingerprint density at radius 1 is 1.05 bits per heavy atom. The van der Waals surface area contributed by atoms with Crippen LogP contribution in [0.5, 0.6) is 0 Å². The number of carbonyl (C=O) groups excluding carboxylic acids is 3. The molecule has 0 aliphatic heterocycles. The summed E-state index contributed by atoms with van der Waals surface area (Å²) >= 11 is 1.51. The Bertz CT molecular complexity index is 629. The molecular weight excluding hydrogens is 302 g/mol. The van der Waals surface area contributed by atoms with Gasteiger partial charge in [0.25, 0.3) is 0 Å². The lowest BCUT2D eigenvalue weighted by Gasteiger charge is -2.21. The molecule has 0 aliphatic rings. The van der Waals surface area contributed by atoms with E-state index in [-0.39, 0.29) is 6.54 Å². The molecule has 0 spiro atoms. The van der Waals surface area contributed by atoms with Crippen molar-refractivity contribution in [3.05, 3.63) is 52.7 Å². The average Bonchev–Trinajstić information content (AvgIpc) is 3.05. The Kier molecular flexibility index (Phi) is 5.67. The Morgan fingerprint density at radius 3 is 2.41 bits per heavy atom. The summed E-state index contributed by atoms with van der Waals surface area (Å²) in [6, 6.07) is 11.0. The van der Waals surface area contributed by atoms with Gasteiger partial charge in [-0.2, -0.15) is 0 Å². The number of hydrogen-bond donors (Lipinski definition) is 2. The van der Waals surface area contributed by atoms with Crippen molar-refractivity contribution < 1.29 is 14.4 Å². The van der Waals surface area contributed by atoms with Gasteiger partial charge in [0.2, 0.25) is 6.29 Å². The maximum absolute atomic E-state index is 12.3. The van der Waals surface area contributed by atoms with Crippen molar-refractivity contribution in [1.82, 2.24) is 10.6 Å².